The lowest BCUT2D eigenvalue weighted by Crippen LogP contribution is -2.22. The van der Waals surface area contributed by atoms with Crippen LogP contribution >= 0.6 is 0 Å². The highest BCUT2D eigenvalue weighted by Gasteiger charge is 2.23. The molecule has 28 heavy (non-hydrogen) atoms. The van der Waals surface area contributed by atoms with E-state index in [0.717, 1.165) is 16.9 Å². The maximum atomic E-state index is 13.1. The first-order valence-electron chi connectivity index (χ1n) is 9.14. The van der Waals surface area contributed by atoms with Gasteiger partial charge in [-0.15, -0.1) is 0 Å². The van der Waals surface area contributed by atoms with E-state index in [0.29, 0.717) is 18.9 Å². The lowest BCUT2D eigenvalue weighted by atomic mass is 10.1. The summed E-state index contributed by atoms with van der Waals surface area (Å²) in [7, 11) is 0.364. The summed E-state index contributed by atoms with van der Waals surface area (Å²) in [5, 5.41) is 9.99. The Balaban J connectivity index is 1.90. The zero-order valence-corrected chi connectivity index (χ0v) is 17.6. The molecular weight excluding hydrogens is 374 g/mol. The molecule has 1 aromatic carbocycles. The van der Waals surface area contributed by atoms with Gasteiger partial charge < -0.3 is 19.0 Å². The Morgan fingerprint density at radius 3 is 2.57 bits per heavy atom. The smallest absolute Gasteiger partial charge is 0.354 e. The summed E-state index contributed by atoms with van der Waals surface area (Å²) in [6, 6.07) is 8.68. The third-order valence-electron chi connectivity index (χ3n) is 4.67. The molecule has 3 aromatic rings. The van der Waals surface area contributed by atoms with Gasteiger partial charge in [0.05, 0.1) is 17.3 Å². The van der Waals surface area contributed by atoms with E-state index in [2.05, 4.69) is 24.6 Å². The van der Waals surface area contributed by atoms with Crippen LogP contribution in [0.25, 0.3) is 10.9 Å². The van der Waals surface area contributed by atoms with Crippen molar-refractivity contribution in [3.63, 3.8) is 0 Å². The fourth-order valence-electron chi connectivity index (χ4n) is 3.02. The summed E-state index contributed by atoms with van der Waals surface area (Å²) in [5.41, 5.74) is 1.35. The number of imidazole rings is 1. The second kappa shape index (κ2) is 7.73. The molecule has 0 saturated carbocycles. The number of carboxylic acid groups (broad SMARTS) is 1. The SMILES string of the molecule is Cn1c(C(=O)O)cnc1C(=O)c1cn(COCC[Si](C)(C)C)c2ccccc12. The third-order valence-corrected chi connectivity index (χ3v) is 6.37. The number of hydrogen-bond donors (Lipinski definition) is 1. The van der Waals surface area contributed by atoms with Crippen molar-refractivity contribution in [1.29, 1.82) is 0 Å². The van der Waals surface area contributed by atoms with Crippen LogP contribution < -0.4 is 0 Å². The van der Waals surface area contributed by atoms with Gasteiger partial charge in [0.25, 0.3) is 0 Å². The van der Waals surface area contributed by atoms with E-state index in [-0.39, 0.29) is 17.3 Å². The molecule has 7 nitrogen and oxygen atoms in total. The molecule has 0 aliphatic rings. The standard InChI is InChI=1S/C20H25N3O4Si/c1-22-17(20(25)26)11-21-19(22)18(24)15-12-23(13-27-9-10-28(2,3)4)16-8-6-5-7-14(15)16/h5-8,11-12H,9-10,13H2,1-4H3,(H,25,26). The highest BCUT2D eigenvalue weighted by molar-refractivity contribution is 6.76. The predicted octanol–water partition coefficient (Wildman–Crippen LogP) is 3.62. The number of para-hydroxylation sites is 1. The Hall–Kier alpha value is -2.71. The monoisotopic (exact) mass is 399 g/mol. The van der Waals surface area contributed by atoms with E-state index in [4.69, 9.17) is 4.74 Å². The van der Waals surface area contributed by atoms with Gasteiger partial charge in [-0.2, -0.15) is 0 Å². The Morgan fingerprint density at radius 1 is 1.21 bits per heavy atom. The second-order valence-electron chi connectivity index (χ2n) is 8.04. The zero-order valence-electron chi connectivity index (χ0n) is 16.6. The molecule has 0 aliphatic heterocycles. The molecule has 0 amide bonds. The van der Waals surface area contributed by atoms with Crippen LogP contribution in [-0.2, 0) is 18.5 Å². The lowest BCUT2D eigenvalue weighted by Gasteiger charge is -2.15. The molecule has 0 bridgehead atoms. The van der Waals surface area contributed by atoms with Gasteiger partial charge in [0.2, 0.25) is 5.78 Å². The Morgan fingerprint density at radius 2 is 1.93 bits per heavy atom. The lowest BCUT2D eigenvalue weighted by molar-refractivity contribution is 0.0686. The van der Waals surface area contributed by atoms with E-state index >= 15 is 0 Å². The highest BCUT2D eigenvalue weighted by atomic mass is 28.3. The molecule has 0 radical (unpaired) electrons. The van der Waals surface area contributed by atoms with Gasteiger partial charge in [-0.3, -0.25) is 4.79 Å². The van der Waals surface area contributed by atoms with Crippen LogP contribution in [0.15, 0.2) is 36.7 Å². The molecule has 0 atom stereocenters. The molecule has 1 N–H and O–H groups in total. The van der Waals surface area contributed by atoms with E-state index in [1.165, 1.54) is 17.8 Å². The van der Waals surface area contributed by atoms with Crippen molar-refractivity contribution in [2.24, 2.45) is 7.05 Å². The first kappa shape index (κ1) is 20.0. The first-order valence-corrected chi connectivity index (χ1v) is 12.8. The average molecular weight is 400 g/mol. The maximum Gasteiger partial charge on any atom is 0.354 e. The number of aromatic nitrogens is 3. The Bertz CT molecular complexity index is 1030. The second-order valence-corrected chi connectivity index (χ2v) is 13.7. The van der Waals surface area contributed by atoms with Gasteiger partial charge >= 0.3 is 5.97 Å². The summed E-state index contributed by atoms with van der Waals surface area (Å²) < 4.78 is 9.07. The molecule has 2 heterocycles. The summed E-state index contributed by atoms with van der Waals surface area (Å²) >= 11 is 0. The molecule has 0 fully saturated rings. The van der Waals surface area contributed by atoms with Crippen molar-refractivity contribution in [3.05, 3.63) is 53.7 Å². The van der Waals surface area contributed by atoms with Crippen LogP contribution in [0.3, 0.4) is 0 Å². The number of fused-ring (bicyclic) bond motifs is 1. The molecule has 0 saturated heterocycles. The summed E-state index contributed by atoms with van der Waals surface area (Å²) in [6.45, 7) is 7.95. The minimum absolute atomic E-state index is 0.0261. The van der Waals surface area contributed by atoms with Crippen molar-refractivity contribution >= 4 is 30.7 Å². The number of carbonyl (C=O) groups excluding carboxylic acids is 1. The van der Waals surface area contributed by atoms with E-state index in [9.17, 15) is 14.7 Å². The van der Waals surface area contributed by atoms with Crippen LogP contribution in [0.4, 0.5) is 0 Å². The number of ketones is 1. The van der Waals surface area contributed by atoms with Crippen LogP contribution in [0.5, 0.6) is 0 Å². The van der Waals surface area contributed by atoms with Gasteiger partial charge in [-0.1, -0.05) is 37.8 Å². The van der Waals surface area contributed by atoms with Crippen LogP contribution in [0.1, 0.15) is 26.7 Å². The molecule has 0 spiro atoms. The van der Waals surface area contributed by atoms with Crippen molar-refractivity contribution in [2.45, 2.75) is 32.4 Å². The molecule has 8 heteroatoms. The fourth-order valence-corrected chi connectivity index (χ4v) is 3.77. The summed E-state index contributed by atoms with van der Waals surface area (Å²) in [4.78, 5) is 28.3. The van der Waals surface area contributed by atoms with E-state index in [1.54, 1.807) is 6.20 Å². The Kier molecular flexibility index (Phi) is 5.53. The number of carboxylic acids is 1. The van der Waals surface area contributed by atoms with Crippen molar-refractivity contribution in [2.75, 3.05) is 6.61 Å². The third kappa shape index (κ3) is 4.07. The quantitative estimate of drug-likeness (QED) is 0.355. The molecule has 0 unspecified atom stereocenters. The highest BCUT2D eigenvalue weighted by Crippen LogP contribution is 2.24. The van der Waals surface area contributed by atoms with E-state index < -0.39 is 14.0 Å². The number of ether oxygens (including phenoxy) is 1. The summed E-state index contributed by atoms with van der Waals surface area (Å²) in [5.74, 6) is -1.33. The van der Waals surface area contributed by atoms with Crippen LogP contribution in [-0.4, -0.2) is 45.7 Å². The van der Waals surface area contributed by atoms with Gasteiger partial charge in [0.1, 0.15) is 12.4 Å². The molecular formula is C20H25N3O4Si. The van der Waals surface area contributed by atoms with E-state index in [1.807, 2.05) is 28.8 Å². The minimum atomic E-state index is -1.17. The number of nitrogens with zero attached hydrogens (tertiary/aromatic N) is 3. The predicted molar refractivity (Wildman–Crippen MR) is 110 cm³/mol. The first-order chi connectivity index (χ1) is 13.2. The topological polar surface area (TPSA) is 86.4 Å². The van der Waals surface area contributed by atoms with Crippen molar-refractivity contribution < 1.29 is 19.4 Å². The maximum absolute atomic E-state index is 13.1. The van der Waals surface area contributed by atoms with Crippen LogP contribution in [0, 0.1) is 0 Å². The van der Waals surface area contributed by atoms with Crippen LogP contribution in [0.2, 0.25) is 25.7 Å². The molecule has 148 valence electrons. The van der Waals surface area contributed by atoms with Crippen molar-refractivity contribution in [3.8, 4) is 0 Å². The normalized spacial score (nSPS) is 11.9. The Labute approximate surface area is 164 Å². The van der Waals surface area contributed by atoms with Gasteiger partial charge in [0, 0.05) is 33.3 Å². The summed E-state index contributed by atoms with van der Waals surface area (Å²) in [6.07, 6.45) is 2.96. The van der Waals surface area contributed by atoms with Gasteiger partial charge in [-0.25, -0.2) is 9.78 Å². The molecule has 3 rings (SSSR count). The number of hydrogen-bond acceptors (Lipinski definition) is 4. The number of benzene rings is 1. The van der Waals surface area contributed by atoms with Crippen molar-refractivity contribution in [1.82, 2.24) is 14.1 Å². The zero-order chi connectivity index (χ0) is 20.5. The number of carbonyl (C=O) groups is 2. The minimum Gasteiger partial charge on any atom is -0.477 e. The molecule has 0 aliphatic carbocycles. The van der Waals surface area contributed by atoms with Gasteiger partial charge in [0.15, 0.2) is 5.82 Å². The largest absolute Gasteiger partial charge is 0.477 e. The van der Waals surface area contributed by atoms with Gasteiger partial charge in [-0.05, 0) is 12.1 Å². The fraction of sp³-hybridized carbons (Fsp3) is 0.350. The number of aromatic carboxylic acids is 1. The number of rotatable bonds is 8. The molecule has 2 aromatic heterocycles. The average Bonchev–Trinajstić information content (AvgIpc) is 3.18.